The largest absolute Gasteiger partial charge is 0.384 e. The van der Waals surface area contributed by atoms with Gasteiger partial charge >= 0.3 is 0 Å². The van der Waals surface area contributed by atoms with Crippen molar-refractivity contribution in [1.82, 2.24) is 4.98 Å². The van der Waals surface area contributed by atoms with Crippen molar-refractivity contribution in [2.45, 2.75) is 39.5 Å². The number of carbonyl (C=O) groups excluding carboxylic acids is 1. The molecule has 5 rings (SSSR count). The van der Waals surface area contributed by atoms with Crippen LogP contribution < -0.4 is 5.32 Å². The molecule has 2 aliphatic heterocycles. The molecule has 5 heteroatoms. The number of hydrogen-bond donors (Lipinski definition) is 1. The number of allylic oxidation sites excluding steroid dienone is 3. The number of pyridine rings is 1. The second kappa shape index (κ2) is 6.76. The number of aromatic nitrogens is 1. The lowest BCUT2D eigenvalue weighted by Gasteiger charge is -2.19. The summed E-state index contributed by atoms with van der Waals surface area (Å²) in [5, 5.41) is 3.39. The van der Waals surface area contributed by atoms with E-state index in [9.17, 15) is 4.79 Å². The van der Waals surface area contributed by atoms with Gasteiger partial charge in [0.1, 0.15) is 5.82 Å². The Kier molecular flexibility index (Phi) is 4.19. The highest BCUT2D eigenvalue weighted by Gasteiger charge is 2.31. The first-order valence-corrected chi connectivity index (χ1v) is 10.0. The normalized spacial score (nSPS) is 19.0. The Bertz CT molecular complexity index is 1160. The number of nitrogens with zero attached hydrogens (tertiary/aromatic N) is 2. The van der Waals surface area contributed by atoms with Gasteiger partial charge in [0.25, 0.3) is 0 Å². The van der Waals surface area contributed by atoms with Gasteiger partial charge in [0, 0.05) is 54.2 Å². The van der Waals surface area contributed by atoms with E-state index in [4.69, 9.17) is 0 Å². The molecule has 0 spiro atoms. The van der Waals surface area contributed by atoms with Crippen LogP contribution in [0.3, 0.4) is 0 Å². The topological polar surface area (TPSA) is 54.4 Å². The molecule has 4 nitrogen and oxygen atoms in total. The summed E-state index contributed by atoms with van der Waals surface area (Å²) in [6, 6.07) is 3.60. The lowest BCUT2D eigenvalue weighted by atomic mass is 9.91. The second-order valence-corrected chi connectivity index (χ2v) is 8.04. The van der Waals surface area contributed by atoms with Gasteiger partial charge in [-0.15, -0.1) is 0 Å². The van der Waals surface area contributed by atoms with Crippen molar-refractivity contribution in [3.8, 4) is 11.1 Å². The van der Waals surface area contributed by atoms with E-state index in [0.717, 1.165) is 70.7 Å². The first-order chi connectivity index (χ1) is 14.0. The third-order valence-electron chi connectivity index (χ3n) is 5.97. The molecule has 0 amide bonds. The minimum absolute atomic E-state index is 0.0326. The Morgan fingerprint density at radius 3 is 2.86 bits per heavy atom. The van der Waals surface area contributed by atoms with Crippen LogP contribution in [0.15, 0.2) is 41.2 Å². The summed E-state index contributed by atoms with van der Waals surface area (Å²) < 4.78 is 15.0. The number of rotatable bonds is 2. The molecule has 1 aromatic heterocycles. The zero-order valence-electron chi connectivity index (χ0n) is 16.6. The Hall–Kier alpha value is -3.08. The Balaban J connectivity index is 1.63. The standard InChI is InChI=1S/C24H22FN3O/c1-13-6-15(11-27-13)7-19-23(29)10-18-20(25)9-17(14(2)24(18)19)16-8-22-21(28-12-16)4-3-5-26-22/h7-9,11-12,26H,3-6,10H2,1-2H3/b19-7+. The van der Waals surface area contributed by atoms with Gasteiger partial charge in [0.15, 0.2) is 5.78 Å². The van der Waals surface area contributed by atoms with Gasteiger partial charge in [-0.05, 0) is 67.2 Å². The van der Waals surface area contributed by atoms with Crippen LogP contribution in [0, 0.1) is 12.7 Å². The highest BCUT2D eigenvalue weighted by molar-refractivity contribution is 6.26. The molecular formula is C24H22FN3O. The zero-order chi connectivity index (χ0) is 20.1. The van der Waals surface area contributed by atoms with E-state index < -0.39 is 0 Å². The Labute approximate surface area is 169 Å². The zero-order valence-corrected chi connectivity index (χ0v) is 16.6. The minimum Gasteiger partial charge on any atom is -0.384 e. The van der Waals surface area contributed by atoms with Crippen molar-refractivity contribution < 1.29 is 9.18 Å². The number of aliphatic imine (C=N–C) groups is 1. The number of ketones is 1. The molecule has 1 N–H and O–H groups in total. The molecule has 0 saturated carbocycles. The number of benzene rings is 1. The van der Waals surface area contributed by atoms with Crippen molar-refractivity contribution in [3.63, 3.8) is 0 Å². The molecule has 0 atom stereocenters. The van der Waals surface area contributed by atoms with Crippen molar-refractivity contribution in [2.24, 2.45) is 4.99 Å². The van der Waals surface area contributed by atoms with Crippen LogP contribution >= 0.6 is 0 Å². The molecule has 0 saturated heterocycles. The molecular weight excluding hydrogens is 365 g/mol. The third kappa shape index (κ3) is 3.01. The molecule has 3 heterocycles. The summed E-state index contributed by atoms with van der Waals surface area (Å²) in [4.78, 5) is 21.6. The molecule has 3 aliphatic rings. The van der Waals surface area contributed by atoms with Crippen LogP contribution in [0.5, 0.6) is 0 Å². The maximum atomic E-state index is 15.0. The van der Waals surface area contributed by atoms with Gasteiger partial charge < -0.3 is 5.32 Å². The SMILES string of the molecule is CC1=NC=C(/C=C2\C(=O)Cc3c(F)cc(-c4cnc5c(c4)NCCC5)c(C)c32)C1. The van der Waals surface area contributed by atoms with Crippen LogP contribution in [0.4, 0.5) is 10.1 Å². The maximum Gasteiger partial charge on any atom is 0.168 e. The number of carbonyl (C=O) groups is 1. The van der Waals surface area contributed by atoms with Crippen LogP contribution in [0.2, 0.25) is 0 Å². The number of Topliss-reactive ketones (excluding diaryl/α,β-unsaturated/α-hetero) is 1. The Morgan fingerprint density at radius 2 is 2.07 bits per heavy atom. The minimum atomic E-state index is -0.323. The van der Waals surface area contributed by atoms with Gasteiger partial charge in [-0.3, -0.25) is 14.8 Å². The smallest absolute Gasteiger partial charge is 0.168 e. The Morgan fingerprint density at radius 1 is 1.21 bits per heavy atom. The molecule has 0 fully saturated rings. The summed E-state index contributed by atoms with van der Waals surface area (Å²) in [5.74, 6) is -0.356. The van der Waals surface area contributed by atoms with Crippen LogP contribution in [0.25, 0.3) is 16.7 Å². The first-order valence-electron chi connectivity index (χ1n) is 10.0. The number of fused-ring (bicyclic) bond motifs is 2. The van der Waals surface area contributed by atoms with Gasteiger partial charge in [-0.1, -0.05) is 0 Å². The van der Waals surface area contributed by atoms with Crippen molar-refractivity contribution >= 4 is 22.8 Å². The quantitative estimate of drug-likeness (QED) is 0.753. The van der Waals surface area contributed by atoms with E-state index in [2.05, 4.69) is 15.3 Å². The number of halogens is 1. The van der Waals surface area contributed by atoms with Crippen molar-refractivity contribution in [1.29, 1.82) is 0 Å². The predicted octanol–water partition coefficient (Wildman–Crippen LogP) is 4.81. The lowest BCUT2D eigenvalue weighted by Crippen LogP contribution is -2.13. The van der Waals surface area contributed by atoms with Crippen LogP contribution in [-0.2, 0) is 17.6 Å². The fourth-order valence-electron chi connectivity index (χ4n) is 4.51. The van der Waals surface area contributed by atoms with Crippen molar-refractivity contribution in [3.05, 3.63) is 64.4 Å². The van der Waals surface area contributed by atoms with Crippen molar-refractivity contribution in [2.75, 3.05) is 11.9 Å². The van der Waals surface area contributed by atoms with E-state index in [1.807, 2.05) is 32.2 Å². The van der Waals surface area contributed by atoms with Gasteiger partial charge in [-0.2, -0.15) is 0 Å². The maximum absolute atomic E-state index is 15.0. The number of hydrogen-bond acceptors (Lipinski definition) is 4. The summed E-state index contributed by atoms with van der Waals surface area (Å²) in [5.41, 5.74) is 8.50. The summed E-state index contributed by atoms with van der Waals surface area (Å²) in [6.45, 7) is 4.86. The molecule has 146 valence electrons. The van der Waals surface area contributed by atoms with Gasteiger partial charge in [-0.25, -0.2) is 4.39 Å². The first kappa shape index (κ1) is 18.0. The van der Waals surface area contributed by atoms with E-state index in [-0.39, 0.29) is 18.0 Å². The average molecular weight is 387 g/mol. The summed E-state index contributed by atoms with van der Waals surface area (Å²) >= 11 is 0. The van der Waals surface area contributed by atoms with E-state index in [1.54, 1.807) is 12.3 Å². The lowest BCUT2D eigenvalue weighted by molar-refractivity contribution is -0.112. The molecule has 0 unspecified atom stereocenters. The highest BCUT2D eigenvalue weighted by Crippen LogP contribution is 2.40. The molecule has 1 aliphatic carbocycles. The summed E-state index contributed by atoms with van der Waals surface area (Å²) in [6.07, 6.45) is 8.37. The fraction of sp³-hybridized carbons (Fsp3) is 0.292. The average Bonchev–Trinajstić information content (AvgIpc) is 3.28. The highest BCUT2D eigenvalue weighted by atomic mass is 19.1. The second-order valence-electron chi connectivity index (χ2n) is 8.04. The van der Waals surface area contributed by atoms with E-state index >= 15 is 4.39 Å². The number of aryl methyl sites for hydroxylation is 1. The molecule has 0 bridgehead atoms. The molecule has 2 aromatic rings. The third-order valence-corrected chi connectivity index (χ3v) is 5.97. The van der Waals surface area contributed by atoms with E-state index in [1.165, 1.54) is 0 Å². The van der Waals surface area contributed by atoms with Crippen LogP contribution in [0.1, 0.15) is 42.1 Å². The summed E-state index contributed by atoms with van der Waals surface area (Å²) in [7, 11) is 0. The predicted molar refractivity (Wildman–Crippen MR) is 114 cm³/mol. The fourth-order valence-corrected chi connectivity index (χ4v) is 4.51. The van der Waals surface area contributed by atoms with Gasteiger partial charge in [0.2, 0.25) is 0 Å². The molecule has 29 heavy (non-hydrogen) atoms. The van der Waals surface area contributed by atoms with Gasteiger partial charge in [0.05, 0.1) is 11.4 Å². The monoisotopic (exact) mass is 387 g/mol. The number of anilines is 1. The number of nitrogens with one attached hydrogen (secondary N) is 1. The molecule has 1 aromatic carbocycles. The van der Waals surface area contributed by atoms with Crippen LogP contribution in [-0.4, -0.2) is 23.0 Å². The van der Waals surface area contributed by atoms with E-state index in [0.29, 0.717) is 11.1 Å². The molecule has 0 radical (unpaired) electrons.